The third kappa shape index (κ3) is 2.18. The minimum atomic E-state index is -0.659. The highest BCUT2D eigenvalue weighted by molar-refractivity contribution is 5.87. The second kappa shape index (κ2) is 5.25. The molecule has 1 aromatic carbocycles. The summed E-state index contributed by atoms with van der Waals surface area (Å²) in [6.45, 7) is 1.19. The van der Waals surface area contributed by atoms with Crippen molar-refractivity contribution >= 4 is 11.9 Å². The molecule has 0 N–H and O–H groups in total. The lowest BCUT2D eigenvalue weighted by molar-refractivity contribution is -0.163. The van der Waals surface area contributed by atoms with Gasteiger partial charge < -0.3 is 14.4 Å². The van der Waals surface area contributed by atoms with Crippen LogP contribution in [0.4, 0.5) is 0 Å². The van der Waals surface area contributed by atoms with E-state index in [0.717, 1.165) is 12.0 Å². The van der Waals surface area contributed by atoms with Crippen LogP contribution < -0.4 is 0 Å². The highest BCUT2D eigenvalue weighted by atomic mass is 16.6. The number of benzene rings is 1. The molecule has 106 valence electrons. The van der Waals surface area contributed by atoms with Crippen molar-refractivity contribution in [3.05, 3.63) is 35.4 Å². The van der Waals surface area contributed by atoms with E-state index in [1.165, 1.54) is 12.7 Å². The number of nitrogens with zero attached hydrogens (tertiary/aromatic N) is 1. The van der Waals surface area contributed by atoms with Crippen molar-refractivity contribution in [2.75, 3.05) is 26.8 Å². The number of ether oxygens (including phenoxy) is 2. The molecule has 1 saturated heterocycles. The highest BCUT2D eigenvalue weighted by Crippen LogP contribution is 2.36. The van der Waals surface area contributed by atoms with Crippen LogP contribution in [0, 0.1) is 0 Å². The van der Waals surface area contributed by atoms with Gasteiger partial charge in [0, 0.05) is 6.54 Å². The summed E-state index contributed by atoms with van der Waals surface area (Å²) in [5.41, 5.74) is 2.35. The van der Waals surface area contributed by atoms with Crippen molar-refractivity contribution in [2.45, 2.75) is 18.4 Å². The number of rotatable bonds is 2. The Hall–Kier alpha value is -1.88. The van der Waals surface area contributed by atoms with Crippen molar-refractivity contribution in [1.29, 1.82) is 0 Å². The number of esters is 1. The SMILES string of the molecule is COC(=O)C1CN(C(=O)C2Cc3ccccc32)CCO1. The van der Waals surface area contributed by atoms with Crippen LogP contribution in [0.5, 0.6) is 0 Å². The molecule has 1 aromatic rings. The largest absolute Gasteiger partial charge is 0.467 e. The summed E-state index contributed by atoms with van der Waals surface area (Å²) in [6, 6.07) is 7.99. The number of methoxy groups -OCH3 is 1. The first kappa shape index (κ1) is 13.1. The number of hydrogen-bond donors (Lipinski definition) is 0. The normalized spacial score (nSPS) is 24.6. The van der Waals surface area contributed by atoms with Crippen LogP contribution in [0.25, 0.3) is 0 Å². The van der Waals surface area contributed by atoms with Gasteiger partial charge in [-0.3, -0.25) is 4.79 Å². The van der Waals surface area contributed by atoms with Gasteiger partial charge in [0.15, 0.2) is 6.10 Å². The molecule has 1 aliphatic heterocycles. The van der Waals surface area contributed by atoms with E-state index < -0.39 is 12.1 Å². The summed E-state index contributed by atoms with van der Waals surface area (Å²) in [5.74, 6) is -0.403. The Bertz CT molecular complexity index is 542. The lowest BCUT2D eigenvalue weighted by Gasteiger charge is -2.37. The van der Waals surface area contributed by atoms with Gasteiger partial charge in [-0.15, -0.1) is 0 Å². The van der Waals surface area contributed by atoms with Gasteiger partial charge in [-0.1, -0.05) is 24.3 Å². The Labute approximate surface area is 117 Å². The molecule has 0 aromatic heterocycles. The minimum absolute atomic E-state index is 0.0670. The van der Waals surface area contributed by atoms with Crippen LogP contribution in [0.15, 0.2) is 24.3 Å². The number of hydrogen-bond acceptors (Lipinski definition) is 4. The van der Waals surface area contributed by atoms with Crippen LogP contribution in [-0.2, 0) is 25.5 Å². The summed E-state index contributed by atoms with van der Waals surface area (Å²) in [6.07, 6.45) is 0.128. The quantitative estimate of drug-likeness (QED) is 0.747. The first-order valence-corrected chi connectivity index (χ1v) is 6.76. The van der Waals surface area contributed by atoms with Crippen molar-refractivity contribution < 1.29 is 19.1 Å². The number of morpholine rings is 1. The van der Waals surface area contributed by atoms with Crippen molar-refractivity contribution in [3.8, 4) is 0 Å². The predicted octanol–water partition coefficient (Wildman–Crippen LogP) is 0.727. The number of carbonyl (C=O) groups excluding carboxylic acids is 2. The van der Waals surface area contributed by atoms with E-state index in [-0.39, 0.29) is 18.4 Å². The van der Waals surface area contributed by atoms with Crippen molar-refractivity contribution in [1.82, 2.24) is 4.90 Å². The maximum Gasteiger partial charge on any atom is 0.336 e. The Morgan fingerprint density at radius 3 is 2.90 bits per heavy atom. The maximum absolute atomic E-state index is 12.5. The van der Waals surface area contributed by atoms with Gasteiger partial charge in [0.2, 0.25) is 5.91 Å². The fraction of sp³-hybridized carbons (Fsp3) is 0.467. The zero-order chi connectivity index (χ0) is 14.1. The van der Waals surface area contributed by atoms with E-state index in [1.54, 1.807) is 4.90 Å². The molecule has 3 rings (SSSR count). The third-order valence-corrected chi connectivity index (χ3v) is 3.99. The smallest absolute Gasteiger partial charge is 0.336 e. The van der Waals surface area contributed by atoms with E-state index >= 15 is 0 Å². The van der Waals surface area contributed by atoms with Crippen molar-refractivity contribution in [3.63, 3.8) is 0 Å². The molecule has 5 nitrogen and oxygen atoms in total. The van der Waals surface area contributed by atoms with Crippen LogP contribution in [0.3, 0.4) is 0 Å². The molecule has 2 atom stereocenters. The fourth-order valence-electron chi connectivity index (χ4n) is 2.82. The Morgan fingerprint density at radius 1 is 1.35 bits per heavy atom. The second-order valence-electron chi connectivity index (χ2n) is 5.12. The zero-order valence-electron chi connectivity index (χ0n) is 11.4. The summed E-state index contributed by atoms with van der Waals surface area (Å²) in [5, 5.41) is 0. The topological polar surface area (TPSA) is 55.8 Å². The van der Waals surface area contributed by atoms with Gasteiger partial charge in [-0.2, -0.15) is 0 Å². The van der Waals surface area contributed by atoms with Crippen LogP contribution in [0.1, 0.15) is 17.0 Å². The Balaban J connectivity index is 1.68. The Kier molecular flexibility index (Phi) is 3.44. The van der Waals surface area contributed by atoms with E-state index in [0.29, 0.717) is 13.2 Å². The molecule has 1 fully saturated rings. The van der Waals surface area contributed by atoms with Crippen LogP contribution in [0.2, 0.25) is 0 Å². The molecule has 2 unspecified atom stereocenters. The number of fused-ring (bicyclic) bond motifs is 1. The van der Waals surface area contributed by atoms with Crippen LogP contribution >= 0.6 is 0 Å². The average Bonchev–Trinajstić information content (AvgIpc) is 2.47. The monoisotopic (exact) mass is 275 g/mol. The third-order valence-electron chi connectivity index (χ3n) is 3.99. The Morgan fingerprint density at radius 2 is 2.15 bits per heavy atom. The molecule has 1 amide bonds. The van der Waals surface area contributed by atoms with E-state index in [4.69, 9.17) is 4.74 Å². The lowest BCUT2D eigenvalue weighted by Crippen LogP contribution is -2.51. The van der Waals surface area contributed by atoms with E-state index in [9.17, 15) is 9.59 Å². The summed E-state index contributed by atoms with van der Waals surface area (Å²) in [7, 11) is 1.33. The number of carbonyl (C=O) groups is 2. The molecule has 2 aliphatic rings. The average molecular weight is 275 g/mol. The molecule has 1 heterocycles. The van der Waals surface area contributed by atoms with E-state index in [1.807, 2.05) is 18.2 Å². The molecule has 20 heavy (non-hydrogen) atoms. The lowest BCUT2D eigenvalue weighted by atomic mass is 9.77. The van der Waals surface area contributed by atoms with Gasteiger partial charge in [0.25, 0.3) is 0 Å². The van der Waals surface area contributed by atoms with Gasteiger partial charge in [-0.05, 0) is 17.5 Å². The standard InChI is InChI=1S/C15H17NO4/c1-19-15(18)13-9-16(6-7-20-13)14(17)12-8-10-4-2-3-5-11(10)12/h2-5,12-13H,6-9H2,1H3. The predicted molar refractivity (Wildman–Crippen MR) is 71.2 cm³/mol. The molecule has 0 bridgehead atoms. The van der Waals surface area contributed by atoms with Gasteiger partial charge in [-0.25, -0.2) is 4.79 Å². The fourth-order valence-corrected chi connectivity index (χ4v) is 2.82. The summed E-state index contributed by atoms with van der Waals surface area (Å²) < 4.78 is 10.0. The number of amides is 1. The first-order chi connectivity index (χ1) is 9.70. The molecule has 0 radical (unpaired) electrons. The summed E-state index contributed by atoms with van der Waals surface area (Å²) >= 11 is 0. The zero-order valence-corrected chi connectivity index (χ0v) is 11.4. The van der Waals surface area contributed by atoms with E-state index in [2.05, 4.69) is 10.8 Å². The van der Waals surface area contributed by atoms with Gasteiger partial charge >= 0.3 is 5.97 Å². The molecule has 5 heteroatoms. The first-order valence-electron chi connectivity index (χ1n) is 6.76. The molecular weight excluding hydrogens is 258 g/mol. The maximum atomic E-state index is 12.5. The molecule has 0 saturated carbocycles. The van der Waals surface area contributed by atoms with Crippen molar-refractivity contribution in [2.24, 2.45) is 0 Å². The highest BCUT2D eigenvalue weighted by Gasteiger charge is 2.37. The van der Waals surface area contributed by atoms with Crippen LogP contribution in [-0.4, -0.2) is 49.7 Å². The van der Waals surface area contributed by atoms with Gasteiger partial charge in [0.1, 0.15) is 0 Å². The molecule has 1 aliphatic carbocycles. The summed E-state index contributed by atoms with van der Waals surface area (Å²) in [4.78, 5) is 25.7. The molecule has 0 spiro atoms. The van der Waals surface area contributed by atoms with Gasteiger partial charge in [0.05, 0.1) is 26.2 Å². The minimum Gasteiger partial charge on any atom is -0.467 e. The molecular formula is C15H17NO4. The second-order valence-corrected chi connectivity index (χ2v) is 5.12.